The molecule has 0 bridgehead atoms. The summed E-state index contributed by atoms with van der Waals surface area (Å²) < 4.78 is 39.0. The van der Waals surface area contributed by atoms with E-state index in [2.05, 4.69) is 10.3 Å². The standard InChI is InChI=1S/C9H8N2.BF4/c1-2-4-9-8(3-1)7-10-5-6-11-9;2-1(3,4)5/h1-7,11H;/q;-1. The van der Waals surface area contributed by atoms with Gasteiger partial charge in [-0.05, 0) is 6.07 Å². The van der Waals surface area contributed by atoms with Gasteiger partial charge in [0.2, 0.25) is 0 Å². The van der Waals surface area contributed by atoms with Crippen molar-refractivity contribution in [2.45, 2.75) is 0 Å². The minimum absolute atomic E-state index is 1.10. The number of fused-ring (bicyclic) bond motifs is 1. The summed E-state index contributed by atoms with van der Waals surface area (Å²) in [5.74, 6) is 0. The van der Waals surface area contributed by atoms with Crippen molar-refractivity contribution in [3.63, 3.8) is 0 Å². The molecule has 2 rings (SSSR count). The minimum atomic E-state index is -6.00. The van der Waals surface area contributed by atoms with Crippen LogP contribution in [0, 0.1) is 0 Å². The van der Waals surface area contributed by atoms with E-state index in [0.29, 0.717) is 0 Å². The van der Waals surface area contributed by atoms with E-state index in [-0.39, 0.29) is 0 Å². The Morgan fingerprint density at radius 2 is 1.69 bits per heavy atom. The topological polar surface area (TPSA) is 24.4 Å². The van der Waals surface area contributed by atoms with Crippen LogP contribution >= 0.6 is 0 Å². The van der Waals surface area contributed by atoms with Crippen molar-refractivity contribution in [1.29, 1.82) is 0 Å². The molecular weight excluding hydrogens is 223 g/mol. The zero-order valence-corrected chi connectivity index (χ0v) is 8.08. The lowest BCUT2D eigenvalue weighted by molar-refractivity contribution is 0.368. The highest BCUT2D eigenvalue weighted by atomic mass is 19.5. The van der Waals surface area contributed by atoms with Crippen molar-refractivity contribution in [1.82, 2.24) is 0 Å². The summed E-state index contributed by atoms with van der Waals surface area (Å²) in [6.45, 7) is 0. The molecule has 0 saturated carbocycles. The number of benzene rings is 1. The summed E-state index contributed by atoms with van der Waals surface area (Å²) in [4.78, 5) is 4.04. The van der Waals surface area contributed by atoms with Crippen LogP contribution in [-0.4, -0.2) is 13.5 Å². The average molecular weight is 231 g/mol. The summed E-state index contributed by atoms with van der Waals surface area (Å²) in [5.41, 5.74) is 2.22. The number of nitrogens with one attached hydrogen (secondary N) is 1. The van der Waals surface area contributed by atoms with Crippen LogP contribution in [0.4, 0.5) is 23.0 Å². The van der Waals surface area contributed by atoms with E-state index in [4.69, 9.17) is 0 Å². The van der Waals surface area contributed by atoms with Gasteiger partial charge >= 0.3 is 7.25 Å². The van der Waals surface area contributed by atoms with Crippen LogP contribution in [0.3, 0.4) is 0 Å². The van der Waals surface area contributed by atoms with Crippen LogP contribution in [-0.2, 0) is 0 Å². The second-order valence-electron chi connectivity index (χ2n) is 2.82. The molecule has 1 aromatic carbocycles. The van der Waals surface area contributed by atoms with Crippen LogP contribution in [0.2, 0.25) is 0 Å². The Labute approximate surface area is 89.8 Å². The number of rotatable bonds is 0. The third kappa shape index (κ3) is 5.18. The zero-order chi connectivity index (χ0) is 12.0. The monoisotopic (exact) mass is 231 g/mol. The fourth-order valence-corrected chi connectivity index (χ4v) is 1.03. The van der Waals surface area contributed by atoms with E-state index in [1.807, 2.05) is 36.7 Å². The van der Waals surface area contributed by atoms with E-state index >= 15 is 0 Å². The van der Waals surface area contributed by atoms with Crippen molar-refractivity contribution < 1.29 is 17.3 Å². The molecule has 86 valence electrons. The van der Waals surface area contributed by atoms with Gasteiger partial charge in [0.05, 0.1) is 0 Å². The highest BCUT2D eigenvalue weighted by Gasteiger charge is 2.20. The average Bonchev–Trinajstić information content (AvgIpc) is 2.39. The van der Waals surface area contributed by atoms with Crippen molar-refractivity contribution in [2.75, 3.05) is 5.32 Å². The van der Waals surface area contributed by atoms with Gasteiger partial charge < -0.3 is 22.6 Å². The number of nitrogens with zero attached hydrogens (tertiary/aromatic N) is 1. The first-order chi connectivity index (χ1) is 7.47. The van der Waals surface area contributed by atoms with Gasteiger partial charge in [-0.15, -0.1) is 0 Å². The van der Waals surface area contributed by atoms with Crippen molar-refractivity contribution in [3.8, 4) is 0 Å². The van der Waals surface area contributed by atoms with Crippen LogP contribution in [0.5, 0.6) is 0 Å². The Kier molecular flexibility index (Phi) is 4.10. The molecular formula is C9H8BF4N2-. The molecule has 1 aromatic rings. The summed E-state index contributed by atoms with van der Waals surface area (Å²) in [7, 11) is -6.00. The normalized spacial score (nSPS) is 13.0. The second-order valence-corrected chi connectivity index (χ2v) is 2.82. The lowest BCUT2D eigenvalue weighted by Crippen LogP contribution is -2.02. The Balaban J connectivity index is 0.000000221. The number of hydrogen-bond donors (Lipinski definition) is 1. The van der Waals surface area contributed by atoms with Crippen molar-refractivity contribution >= 4 is 19.2 Å². The van der Waals surface area contributed by atoms with Gasteiger partial charge in [-0.2, -0.15) is 0 Å². The number of halogens is 4. The third-order valence-electron chi connectivity index (χ3n) is 1.57. The molecule has 16 heavy (non-hydrogen) atoms. The van der Waals surface area contributed by atoms with Gasteiger partial charge in [0.25, 0.3) is 0 Å². The van der Waals surface area contributed by atoms with E-state index in [1.54, 1.807) is 6.20 Å². The molecule has 0 amide bonds. The summed E-state index contributed by atoms with van der Waals surface area (Å²) in [5, 5.41) is 3.12. The molecule has 0 radical (unpaired) electrons. The first kappa shape index (κ1) is 12.3. The molecule has 0 aliphatic carbocycles. The van der Waals surface area contributed by atoms with Gasteiger partial charge in [0, 0.05) is 29.9 Å². The zero-order valence-electron chi connectivity index (χ0n) is 8.08. The van der Waals surface area contributed by atoms with Gasteiger partial charge in [0.15, 0.2) is 0 Å². The van der Waals surface area contributed by atoms with Gasteiger partial charge in [0.1, 0.15) is 0 Å². The molecule has 1 heterocycles. The minimum Gasteiger partial charge on any atom is -0.418 e. The van der Waals surface area contributed by atoms with Crippen molar-refractivity contribution in [2.24, 2.45) is 4.99 Å². The first-order valence-corrected chi connectivity index (χ1v) is 4.38. The molecule has 0 spiro atoms. The Hall–Kier alpha value is -1.79. The number of anilines is 1. The van der Waals surface area contributed by atoms with Gasteiger partial charge in [-0.1, -0.05) is 18.2 Å². The van der Waals surface area contributed by atoms with E-state index in [9.17, 15) is 17.3 Å². The molecule has 0 saturated heterocycles. The Morgan fingerprint density at radius 3 is 2.38 bits per heavy atom. The van der Waals surface area contributed by atoms with Crippen LogP contribution < -0.4 is 5.32 Å². The Bertz CT molecular complexity index is 395. The largest absolute Gasteiger partial charge is 0.673 e. The molecule has 0 unspecified atom stereocenters. The summed E-state index contributed by atoms with van der Waals surface area (Å²) in [6, 6.07) is 8.05. The maximum atomic E-state index is 9.75. The lowest BCUT2D eigenvalue weighted by atomic mass is 10.2. The lowest BCUT2D eigenvalue weighted by Gasteiger charge is -2.01. The number of hydrogen-bond acceptors (Lipinski definition) is 2. The molecule has 0 aromatic heterocycles. The maximum absolute atomic E-state index is 9.75. The molecule has 0 fully saturated rings. The number of aliphatic imine (C=N–C) groups is 1. The number of para-hydroxylation sites is 1. The highest BCUT2D eigenvalue weighted by molar-refractivity contribution is 6.50. The molecule has 1 aliphatic rings. The SMILES string of the molecule is C1=CNc2ccccc2C=N1.F[B-](F)(F)F. The fraction of sp³-hybridized carbons (Fsp3) is 0. The molecule has 7 heteroatoms. The third-order valence-corrected chi connectivity index (χ3v) is 1.57. The quantitative estimate of drug-likeness (QED) is 0.537. The molecule has 1 aliphatic heterocycles. The fourth-order valence-electron chi connectivity index (χ4n) is 1.03. The predicted octanol–water partition coefficient (Wildman–Crippen LogP) is 3.30. The Morgan fingerprint density at radius 1 is 1.06 bits per heavy atom. The van der Waals surface area contributed by atoms with Gasteiger partial charge in [-0.3, -0.25) is 4.99 Å². The van der Waals surface area contributed by atoms with Crippen LogP contribution in [0.25, 0.3) is 0 Å². The molecule has 1 N–H and O–H groups in total. The van der Waals surface area contributed by atoms with Gasteiger partial charge in [-0.25, -0.2) is 0 Å². The first-order valence-electron chi connectivity index (χ1n) is 4.38. The smallest absolute Gasteiger partial charge is 0.418 e. The summed E-state index contributed by atoms with van der Waals surface area (Å²) in [6.07, 6.45) is 5.40. The second kappa shape index (κ2) is 5.34. The molecule has 2 nitrogen and oxygen atoms in total. The van der Waals surface area contributed by atoms with E-state index in [0.717, 1.165) is 11.3 Å². The highest BCUT2D eigenvalue weighted by Crippen LogP contribution is 2.13. The van der Waals surface area contributed by atoms with Crippen LogP contribution in [0.15, 0.2) is 41.7 Å². The molecule has 0 atom stereocenters. The predicted molar refractivity (Wildman–Crippen MR) is 57.0 cm³/mol. The van der Waals surface area contributed by atoms with E-state index in [1.165, 1.54) is 0 Å². The van der Waals surface area contributed by atoms with E-state index < -0.39 is 7.25 Å². The maximum Gasteiger partial charge on any atom is 0.673 e. The van der Waals surface area contributed by atoms with Crippen molar-refractivity contribution in [3.05, 3.63) is 42.2 Å². The summed E-state index contributed by atoms with van der Waals surface area (Å²) >= 11 is 0. The van der Waals surface area contributed by atoms with Crippen LogP contribution in [0.1, 0.15) is 5.56 Å².